The van der Waals surface area contributed by atoms with Gasteiger partial charge in [-0.2, -0.15) is 4.31 Å². The van der Waals surface area contributed by atoms with Gasteiger partial charge in [-0.15, -0.1) is 0 Å². The molecule has 1 aliphatic rings. The van der Waals surface area contributed by atoms with Crippen LogP contribution in [0, 0.1) is 0 Å². The van der Waals surface area contributed by atoms with Crippen LogP contribution in [-0.4, -0.2) is 42.5 Å². The number of aromatic nitrogens is 1. The van der Waals surface area contributed by atoms with Crippen LogP contribution in [0.1, 0.15) is 20.8 Å². The highest BCUT2D eigenvalue weighted by molar-refractivity contribution is 7.89. The van der Waals surface area contributed by atoms with E-state index in [1.807, 2.05) is 20.8 Å². The van der Waals surface area contributed by atoms with Crippen molar-refractivity contribution in [3.8, 4) is 0 Å². The van der Waals surface area contributed by atoms with Crippen molar-refractivity contribution < 1.29 is 13.2 Å². The Labute approximate surface area is 113 Å². The van der Waals surface area contributed by atoms with Gasteiger partial charge in [-0.3, -0.25) is 0 Å². The predicted molar refractivity (Wildman–Crippen MR) is 72.0 cm³/mol. The zero-order chi connectivity index (χ0) is 14.3. The minimum absolute atomic E-state index is 0.0834. The maximum Gasteiger partial charge on any atom is 0.262 e. The average molecular weight is 285 g/mol. The number of rotatable bonds is 2. The molecule has 7 heteroatoms. The third-order valence-corrected chi connectivity index (χ3v) is 4.71. The van der Waals surface area contributed by atoms with E-state index < -0.39 is 15.6 Å². The molecule has 1 atom stereocenters. The summed E-state index contributed by atoms with van der Waals surface area (Å²) in [5.74, 6) is 0. The summed E-state index contributed by atoms with van der Waals surface area (Å²) < 4.78 is 32.2. The Hall–Kier alpha value is -1.18. The molecule has 1 fully saturated rings. The number of morpholine rings is 1. The fourth-order valence-electron chi connectivity index (χ4n) is 2.32. The van der Waals surface area contributed by atoms with E-state index in [1.165, 1.54) is 16.6 Å². The largest absolute Gasteiger partial charge is 0.396 e. The van der Waals surface area contributed by atoms with Crippen LogP contribution in [0.25, 0.3) is 0 Å². The van der Waals surface area contributed by atoms with E-state index in [0.717, 1.165) is 0 Å². The lowest BCUT2D eigenvalue weighted by Crippen LogP contribution is -2.53. The van der Waals surface area contributed by atoms with Gasteiger partial charge in [0.05, 0.1) is 17.4 Å². The van der Waals surface area contributed by atoms with Crippen LogP contribution in [0.15, 0.2) is 23.4 Å². The van der Waals surface area contributed by atoms with E-state index >= 15 is 0 Å². The standard InChI is InChI=1S/C12H19N3O3S/c1-9-7-15(8-12(2,3)18-9)19(16,17)11-10(13)5-4-6-14-11/h4-6,9H,7-8,13H2,1-3H3. The molecule has 0 bridgehead atoms. The van der Waals surface area contributed by atoms with Crippen LogP contribution in [0.2, 0.25) is 0 Å². The molecular formula is C12H19N3O3S. The minimum Gasteiger partial charge on any atom is -0.396 e. The second kappa shape index (κ2) is 4.73. The van der Waals surface area contributed by atoms with Crippen LogP contribution in [0.3, 0.4) is 0 Å². The monoisotopic (exact) mass is 285 g/mol. The van der Waals surface area contributed by atoms with Gasteiger partial charge < -0.3 is 10.5 Å². The molecule has 0 saturated carbocycles. The van der Waals surface area contributed by atoms with Gasteiger partial charge in [0.15, 0.2) is 5.03 Å². The quantitative estimate of drug-likeness (QED) is 0.870. The van der Waals surface area contributed by atoms with Crippen molar-refractivity contribution in [2.75, 3.05) is 18.8 Å². The van der Waals surface area contributed by atoms with E-state index in [-0.39, 0.29) is 23.4 Å². The minimum atomic E-state index is -3.68. The summed E-state index contributed by atoms with van der Waals surface area (Å²) in [6.07, 6.45) is 1.27. The smallest absolute Gasteiger partial charge is 0.262 e. The lowest BCUT2D eigenvalue weighted by molar-refractivity contribution is -0.109. The zero-order valence-corrected chi connectivity index (χ0v) is 12.1. The number of hydrogen-bond donors (Lipinski definition) is 1. The second-order valence-electron chi connectivity index (χ2n) is 5.38. The van der Waals surface area contributed by atoms with Gasteiger partial charge in [-0.1, -0.05) is 0 Å². The van der Waals surface area contributed by atoms with E-state index in [9.17, 15) is 8.42 Å². The van der Waals surface area contributed by atoms with Crippen molar-refractivity contribution in [3.05, 3.63) is 18.3 Å². The van der Waals surface area contributed by atoms with Crippen LogP contribution in [0.5, 0.6) is 0 Å². The molecule has 19 heavy (non-hydrogen) atoms. The fraction of sp³-hybridized carbons (Fsp3) is 0.583. The molecular weight excluding hydrogens is 266 g/mol. The normalized spacial score (nSPS) is 24.3. The van der Waals surface area contributed by atoms with Crippen molar-refractivity contribution in [2.24, 2.45) is 0 Å². The van der Waals surface area contributed by atoms with Gasteiger partial charge in [0.2, 0.25) is 0 Å². The van der Waals surface area contributed by atoms with Crippen LogP contribution >= 0.6 is 0 Å². The summed E-state index contributed by atoms with van der Waals surface area (Å²) in [6, 6.07) is 3.15. The highest BCUT2D eigenvalue weighted by Crippen LogP contribution is 2.27. The number of sulfonamides is 1. The van der Waals surface area contributed by atoms with Crippen molar-refractivity contribution in [1.82, 2.24) is 9.29 Å². The molecule has 0 spiro atoms. The Balaban J connectivity index is 2.38. The Morgan fingerprint density at radius 1 is 1.53 bits per heavy atom. The van der Waals surface area contributed by atoms with Crippen LogP contribution in [0.4, 0.5) is 5.69 Å². The first-order valence-electron chi connectivity index (χ1n) is 6.11. The Morgan fingerprint density at radius 3 is 2.79 bits per heavy atom. The van der Waals surface area contributed by atoms with Gasteiger partial charge in [0, 0.05) is 19.3 Å². The zero-order valence-electron chi connectivity index (χ0n) is 11.3. The highest BCUT2D eigenvalue weighted by Gasteiger charge is 2.39. The van der Waals surface area contributed by atoms with Gasteiger partial charge in [-0.25, -0.2) is 13.4 Å². The summed E-state index contributed by atoms with van der Waals surface area (Å²) in [4.78, 5) is 3.90. The fourth-order valence-corrected chi connectivity index (χ4v) is 4.01. The Kier molecular flexibility index (Phi) is 3.55. The molecule has 106 valence electrons. The van der Waals surface area contributed by atoms with Crippen molar-refractivity contribution in [1.29, 1.82) is 0 Å². The van der Waals surface area contributed by atoms with Crippen LogP contribution in [-0.2, 0) is 14.8 Å². The molecule has 6 nitrogen and oxygen atoms in total. The molecule has 1 saturated heterocycles. The molecule has 1 aromatic heterocycles. The maximum absolute atomic E-state index is 12.6. The lowest BCUT2D eigenvalue weighted by atomic mass is 10.1. The molecule has 0 aromatic carbocycles. The van der Waals surface area contributed by atoms with E-state index in [0.29, 0.717) is 6.54 Å². The first kappa shape index (κ1) is 14.2. The molecule has 2 heterocycles. The molecule has 1 unspecified atom stereocenters. The predicted octanol–water partition coefficient (Wildman–Crippen LogP) is 0.852. The van der Waals surface area contributed by atoms with Crippen LogP contribution < -0.4 is 5.73 Å². The molecule has 2 N–H and O–H groups in total. The summed E-state index contributed by atoms with van der Waals surface area (Å²) in [7, 11) is -3.68. The average Bonchev–Trinajstić information content (AvgIpc) is 2.26. The number of anilines is 1. The highest BCUT2D eigenvalue weighted by atomic mass is 32.2. The first-order valence-corrected chi connectivity index (χ1v) is 7.55. The van der Waals surface area contributed by atoms with Gasteiger partial charge in [0.25, 0.3) is 10.0 Å². The summed E-state index contributed by atoms with van der Waals surface area (Å²) >= 11 is 0. The van der Waals surface area contributed by atoms with Crippen molar-refractivity contribution in [2.45, 2.75) is 37.5 Å². The third-order valence-electron chi connectivity index (χ3n) is 2.92. The SMILES string of the molecule is CC1CN(S(=O)(=O)c2ncccc2N)CC(C)(C)O1. The Bertz CT molecular complexity index is 571. The molecule has 2 rings (SSSR count). The number of hydrogen-bond acceptors (Lipinski definition) is 5. The van der Waals surface area contributed by atoms with Crippen molar-refractivity contribution in [3.63, 3.8) is 0 Å². The van der Waals surface area contributed by atoms with Gasteiger partial charge in [-0.05, 0) is 32.9 Å². The van der Waals surface area contributed by atoms with Gasteiger partial charge >= 0.3 is 0 Å². The molecule has 0 radical (unpaired) electrons. The molecule has 0 amide bonds. The van der Waals surface area contributed by atoms with E-state index in [2.05, 4.69) is 4.98 Å². The van der Waals surface area contributed by atoms with E-state index in [1.54, 1.807) is 6.07 Å². The molecule has 1 aliphatic heterocycles. The third kappa shape index (κ3) is 2.88. The first-order chi connectivity index (χ1) is 8.72. The Morgan fingerprint density at radius 2 is 2.21 bits per heavy atom. The molecule has 1 aromatic rings. The summed E-state index contributed by atoms with van der Waals surface area (Å²) in [6.45, 7) is 6.18. The summed E-state index contributed by atoms with van der Waals surface area (Å²) in [5.41, 5.74) is 5.36. The number of nitrogen functional groups attached to an aromatic ring is 1. The number of ether oxygens (including phenoxy) is 1. The topological polar surface area (TPSA) is 85.5 Å². The number of pyridine rings is 1. The lowest BCUT2D eigenvalue weighted by Gasteiger charge is -2.40. The summed E-state index contributed by atoms with van der Waals surface area (Å²) in [5, 5.41) is -0.0834. The number of nitrogens with two attached hydrogens (primary N) is 1. The maximum atomic E-state index is 12.6. The second-order valence-corrected chi connectivity index (χ2v) is 7.24. The molecule has 0 aliphatic carbocycles. The van der Waals surface area contributed by atoms with Crippen molar-refractivity contribution >= 4 is 15.7 Å². The van der Waals surface area contributed by atoms with Gasteiger partial charge in [0.1, 0.15) is 0 Å². The number of nitrogens with zero attached hydrogens (tertiary/aromatic N) is 2. The van der Waals surface area contributed by atoms with E-state index in [4.69, 9.17) is 10.5 Å².